The van der Waals surface area contributed by atoms with Crippen LogP contribution in [0.3, 0.4) is 0 Å². The SMILES string of the molecule is CNC(=O)OC1=CC=CC(N=CN(C)C)C1. The second-order valence-electron chi connectivity index (χ2n) is 3.66. The first-order valence-corrected chi connectivity index (χ1v) is 5.08. The summed E-state index contributed by atoms with van der Waals surface area (Å²) in [6.07, 6.45) is 7.50. The van der Waals surface area contributed by atoms with E-state index in [2.05, 4.69) is 10.3 Å². The van der Waals surface area contributed by atoms with Gasteiger partial charge in [0.15, 0.2) is 0 Å². The van der Waals surface area contributed by atoms with E-state index in [1.165, 1.54) is 7.05 Å². The number of hydrogen-bond acceptors (Lipinski definition) is 3. The number of rotatable bonds is 3. The zero-order valence-electron chi connectivity index (χ0n) is 9.80. The van der Waals surface area contributed by atoms with Crippen LogP contribution in [-0.2, 0) is 4.74 Å². The number of nitrogens with one attached hydrogen (secondary N) is 1. The topological polar surface area (TPSA) is 53.9 Å². The van der Waals surface area contributed by atoms with Crippen LogP contribution in [0.2, 0.25) is 0 Å². The quantitative estimate of drug-likeness (QED) is 0.576. The van der Waals surface area contributed by atoms with Gasteiger partial charge < -0.3 is 15.0 Å². The molecule has 0 aromatic heterocycles. The van der Waals surface area contributed by atoms with Crippen LogP contribution < -0.4 is 5.32 Å². The number of aliphatic imine (C=N–C) groups is 1. The summed E-state index contributed by atoms with van der Waals surface area (Å²) < 4.78 is 5.05. The van der Waals surface area contributed by atoms with E-state index >= 15 is 0 Å². The summed E-state index contributed by atoms with van der Waals surface area (Å²) in [5.74, 6) is 0.628. The molecule has 16 heavy (non-hydrogen) atoms. The highest BCUT2D eigenvalue weighted by molar-refractivity contribution is 5.68. The van der Waals surface area contributed by atoms with E-state index in [0.29, 0.717) is 12.2 Å². The molecule has 5 heteroatoms. The first kappa shape index (κ1) is 12.3. The summed E-state index contributed by atoms with van der Waals surface area (Å²) in [7, 11) is 5.35. The Bertz CT molecular complexity index is 332. The number of carbonyl (C=O) groups excluding carboxylic acids is 1. The smallest absolute Gasteiger partial charge is 0.412 e. The summed E-state index contributed by atoms with van der Waals surface area (Å²) in [5, 5.41) is 2.40. The average molecular weight is 223 g/mol. The van der Waals surface area contributed by atoms with E-state index in [1.54, 1.807) is 12.4 Å². The number of amides is 1. The lowest BCUT2D eigenvalue weighted by atomic mass is 10.1. The van der Waals surface area contributed by atoms with Crippen LogP contribution in [0, 0.1) is 0 Å². The van der Waals surface area contributed by atoms with E-state index < -0.39 is 6.09 Å². The maximum Gasteiger partial charge on any atom is 0.412 e. The Hall–Kier alpha value is -1.78. The van der Waals surface area contributed by atoms with Crippen molar-refractivity contribution in [3.8, 4) is 0 Å². The summed E-state index contributed by atoms with van der Waals surface area (Å²) in [6.45, 7) is 0. The lowest BCUT2D eigenvalue weighted by Crippen LogP contribution is -2.21. The molecule has 0 spiro atoms. The summed E-state index contributed by atoms with van der Waals surface area (Å²) in [6, 6.07) is 0.0343. The molecule has 0 heterocycles. The van der Waals surface area contributed by atoms with Gasteiger partial charge in [-0.25, -0.2) is 4.79 Å². The molecule has 0 aromatic carbocycles. The van der Waals surface area contributed by atoms with Gasteiger partial charge in [-0.1, -0.05) is 12.2 Å². The Kier molecular flexibility index (Phi) is 4.57. The van der Waals surface area contributed by atoms with Crippen LogP contribution >= 0.6 is 0 Å². The lowest BCUT2D eigenvalue weighted by molar-refractivity contribution is 0.174. The molecule has 88 valence electrons. The molecular weight excluding hydrogens is 206 g/mol. The molecule has 1 unspecified atom stereocenters. The van der Waals surface area contributed by atoms with Crippen molar-refractivity contribution in [3.05, 3.63) is 24.0 Å². The number of allylic oxidation sites excluding steroid dienone is 2. The Morgan fingerprint density at radius 1 is 1.69 bits per heavy atom. The van der Waals surface area contributed by atoms with Crippen LogP contribution in [0.1, 0.15) is 6.42 Å². The first-order chi connectivity index (χ1) is 7.61. The predicted octanol–water partition coefficient (Wildman–Crippen LogP) is 1.14. The molecule has 1 N–H and O–H groups in total. The highest BCUT2D eigenvalue weighted by atomic mass is 16.6. The zero-order valence-corrected chi connectivity index (χ0v) is 9.80. The van der Waals surface area contributed by atoms with Gasteiger partial charge in [0.05, 0.1) is 12.4 Å². The number of carbonyl (C=O) groups is 1. The van der Waals surface area contributed by atoms with E-state index in [4.69, 9.17) is 4.74 Å². The van der Waals surface area contributed by atoms with E-state index in [9.17, 15) is 4.79 Å². The molecule has 0 fully saturated rings. The van der Waals surface area contributed by atoms with Gasteiger partial charge in [0.2, 0.25) is 0 Å². The number of ether oxygens (including phenoxy) is 1. The second-order valence-corrected chi connectivity index (χ2v) is 3.66. The van der Waals surface area contributed by atoms with Crippen molar-refractivity contribution < 1.29 is 9.53 Å². The molecule has 0 saturated heterocycles. The highest BCUT2D eigenvalue weighted by Gasteiger charge is 2.13. The largest absolute Gasteiger partial charge is 0.415 e. The molecule has 0 aromatic rings. The van der Waals surface area contributed by atoms with Gasteiger partial charge in [-0.15, -0.1) is 0 Å². The van der Waals surface area contributed by atoms with Crippen LogP contribution in [0.4, 0.5) is 4.79 Å². The van der Waals surface area contributed by atoms with Crippen LogP contribution in [-0.4, -0.2) is 44.5 Å². The van der Waals surface area contributed by atoms with Crippen molar-refractivity contribution >= 4 is 12.4 Å². The molecule has 0 saturated carbocycles. The third kappa shape index (κ3) is 4.16. The van der Waals surface area contributed by atoms with Gasteiger partial charge in [0.1, 0.15) is 5.76 Å². The van der Waals surface area contributed by atoms with Crippen molar-refractivity contribution in [2.75, 3.05) is 21.1 Å². The predicted molar refractivity (Wildman–Crippen MR) is 63.3 cm³/mol. The van der Waals surface area contributed by atoms with E-state index in [0.717, 1.165) is 0 Å². The van der Waals surface area contributed by atoms with Gasteiger partial charge >= 0.3 is 6.09 Å². The molecular formula is C11H17N3O2. The zero-order chi connectivity index (χ0) is 12.0. The standard InChI is InChI=1S/C11H17N3O2/c1-12-11(15)16-10-6-4-5-9(7-10)13-8-14(2)3/h4-6,8-9H,7H2,1-3H3,(H,12,15). The molecule has 0 bridgehead atoms. The highest BCUT2D eigenvalue weighted by Crippen LogP contribution is 2.16. The molecule has 1 aliphatic carbocycles. The minimum absolute atomic E-state index is 0.0343. The van der Waals surface area contributed by atoms with Crippen molar-refractivity contribution in [1.29, 1.82) is 0 Å². The molecule has 0 aliphatic heterocycles. The fourth-order valence-corrected chi connectivity index (χ4v) is 1.20. The number of alkyl carbamates (subject to hydrolysis) is 1. The number of nitrogens with zero attached hydrogens (tertiary/aromatic N) is 2. The van der Waals surface area contributed by atoms with Crippen LogP contribution in [0.25, 0.3) is 0 Å². The number of hydrogen-bond donors (Lipinski definition) is 1. The van der Waals surface area contributed by atoms with E-state index in [-0.39, 0.29) is 6.04 Å². The normalized spacial score (nSPS) is 19.4. The Balaban J connectivity index is 2.50. The average Bonchev–Trinajstić information content (AvgIpc) is 2.26. The second kappa shape index (κ2) is 5.95. The maximum absolute atomic E-state index is 11.0. The first-order valence-electron chi connectivity index (χ1n) is 5.08. The Morgan fingerprint density at radius 2 is 2.44 bits per heavy atom. The molecule has 1 aliphatic rings. The molecule has 1 rings (SSSR count). The fourth-order valence-electron chi connectivity index (χ4n) is 1.20. The van der Waals surface area contributed by atoms with Gasteiger partial charge in [-0.05, 0) is 6.08 Å². The van der Waals surface area contributed by atoms with Crippen molar-refractivity contribution in [3.63, 3.8) is 0 Å². The van der Waals surface area contributed by atoms with E-state index in [1.807, 2.05) is 31.1 Å². The molecule has 5 nitrogen and oxygen atoms in total. The van der Waals surface area contributed by atoms with Gasteiger partial charge in [0.25, 0.3) is 0 Å². The minimum Gasteiger partial charge on any atom is -0.415 e. The summed E-state index contributed by atoms with van der Waals surface area (Å²) in [4.78, 5) is 17.2. The fraction of sp³-hybridized carbons (Fsp3) is 0.455. The third-order valence-corrected chi connectivity index (χ3v) is 1.94. The molecule has 1 atom stereocenters. The maximum atomic E-state index is 11.0. The Labute approximate surface area is 95.5 Å². The van der Waals surface area contributed by atoms with Crippen molar-refractivity contribution in [1.82, 2.24) is 10.2 Å². The van der Waals surface area contributed by atoms with Crippen molar-refractivity contribution in [2.24, 2.45) is 4.99 Å². The molecule has 1 amide bonds. The van der Waals surface area contributed by atoms with Crippen LogP contribution in [0.15, 0.2) is 29.0 Å². The summed E-state index contributed by atoms with van der Waals surface area (Å²) >= 11 is 0. The summed E-state index contributed by atoms with van der Waals surface area (Å²) in [5.41, 5.74) is 0. The molecule has 0 radical (unpaired) electrons. The van der Waals surface area contributed by atoms with Gasteiger partial charge in [-0.3, -0.25) is 4.99 Å². The van der Waals surface area contributed by atoms with Crippen molar-refractivity contribution in [2.45, 2.75) is 12.5 Å². The lowest BCUT2D eigenvalue weighted by Gasteiger charge is -2.15. The van der Waals surface area contributed by atoms with Gasteiger partial charge in [0, 0.05) is 27.6 Å². The van der Waals surface area contributed by atoms with Gasteiger partial charge in [-0.2, -0.15) is 0 Å². The minimum atomic E-state index is -0.447. The van der Waals surface area contributed by atoms with Crippen LogP contribution in [0.5, 0.6) is 0 Å². The monoisotopic (exact) mass is 223 g/mol. The third-order valence-electron chi connectivity index (χ3n) is 1.94. The Morgan fingerprint density at radius 3 is 3.06 bits per heavy atom.